The SMILES string of the molecule is N/C(Cl)=C1/OCO/C1=C(/S)CO. The lowest BCUT2D eigenvalue weighted by molar-refractivity contribution is 0.0965. The van der Waals surface area contributed by atoms with Gasteiger partial charge in [-0.3, -0.25) is 0 Å². The number of rotatable bonds is 1. The minimum Gasteiger partial charge on any atom is -0.453 e. The minimum absolute atomic E-state index is 0.0116. The highest BCUT2D eigenvalue weighted by atomic mass is 35.5. The first-order valence-corrected chi connectivity index (χ1v) is 3.93. The van der Waals surface area contributed by atoms with Crippen molar-refractivity contribution in [2.24, 2.45) is 5.73 Å². The highest BCUT2D eigenvalue weighted by Crippen LogP contribution is 2.28. The second kappa shape index (κ2) is 3.93. The molecule has 0 atom stereocenters. The summed E-state index contributed by atoms with van der Waals surface area (Å²) < 4.78 is 9.91. The zero-order valence-electron chi connectivity index (χ0n) is 6.08. The molecule has 0 saturated carbocycles. The lowest BCUT2D eigenvalue weighted by Gasteiger charge is -2.00. The summed E-state index contributed by atoms with van der Waals surface area (Å²) in [4.78, 5) is 0.339. The van der Waals surface area contributed by atoms with Gasteiger partial charge in [0.2, 0.25) is 12.6 Å². The molecule has 0 spiro atoms. The highest BCUT2D eigenvalue weighted by Gasteiger charge is 2.22. The topological polar surface area (TPSA) is 64.7 Å². The molecule has 0 aliphatic carbocycles. The van der Waals surface area contributed by atoms with Gasteiger partial charge in [0.05, 0.1) is 11.5 Å². The molecule has 0 amide bonds. The van der Waals surface area contributed by atoms with Crippen molar-refractivity contribution >= 4 is 24.2 Å². The van der Waals surface area contributed by atoms with Crippen molar-refractivity contribution in [3.63, 3.8) is 0 Å². The maximum absolute atomic E-state index is 8.72. The average Bonchev–Trinajstić information content (AvgIpc) is 2.50. The summed E-state index contributed by atoms with van der Waals surface area (Å²) >= 11 is 9.44. The largest absolute Gasteiger partial charge is 0.453 e. The summed E-state index contributed by atoms with van der Waals surface area (Å²) in [5, 5.41) is 8.71. The fourth-order valence-corrected chi connectivity index (χ4v) is 1.05. The van der Waals surface area contributed by atoms with Gasteiger partial charge in [-0.05, 0) is 0 Å². The van der Waals surface area contributed by atoms with Crippen molar-refractivity contribution in [1.82, 2.24) is 0 Å². The fourth-order valence-electron chi connectivity index (χ4n) is 0.742. The molecule has 1 aliphatic heterocycles. The molecule has 0 bridgehead atoms. The molecule has 6 heteroatoms. The smallest absolute Gasteiger partial charge is 0.231 e. The molecule has 0 aromatic rings. The van der Waals surface area contributed by atoms with E-state index in [9.17, 15) is 0 Å². The van der Waals surface area contributed by atoms with Gasteiger partial charge in [-0.15, -0.1) is 12.6 Å². The molecule has 1 saturated heterocycles. The first kappa shape index (κ1) is 9.57. The van der Waals surface area contributed by atoms with Crippen LogP contribution in [0.1, 0.15) is 0 Å². The predicted octanol–water partition coefficient (Wildman–Crippen LogP) is 0.491. The Bertz CT molecular complexity index is 247. The molecule has 4 nitrogen and oxygen atoms in total. The standard InChI is InChI=1S/C6H8ClNO3S/c7-6(8)5-4(3(12)1-9)10-2-11-5/h9,12H,1-2,8H2/b4-3+,6-5+. The van der Waals surface area contributed by atoms with Gasteiger partial charge in [0.1, 0.15) is 5.16 Å². The van der Waals surface area contributed by atoms with E-state index < -0.39 is 0 Å². The van der Waals surface area contributed by atoms with E-state index in [-0.39, 0.29) is 24.3 Å². The summed E-state index contributed by atoms with van der Waals surface area (Å²) in [5.74, 6) is 0.532. The van der Waals surface area contributed by atoms with Crippen LogP contribution in [0.25, 0.3) is 0 Å². The number of nitrogens with two attached hydrogens (primary N) is 1. The Labute approximate surface area is 80.0 Å². The molecule has 3 N–H and O–H groups in total. The van der Waals surface area contributed by atoms with Gasteiger partial charge in [0.15, 0.2) is 5.76 Å². The normalized spacial score (nSPS) is 24.6. The van der Waals surface area contributed by atoms with E-state index in [1.165, 1.54) is 0 Å². The van der Waals surface area contributed by atoms with Crippen LogP contribution in [0.5, 0.6) is 0 Å². The van der Waals surface area contributed by atoms with E-state index in [4.69, 9.17) is 31.9 Å². The molecule has 68 valence electrons. The minimum atomic E-state index is -0.241. The zero-order valence-corrected chi connectivity index (χ0v) is 7.73. The zero-order chi connectivity index (χ0) is 9.14. The van der Waals surface area contributed by atoms with E-state index in [2.05, 4.69) is 12.6 Å². The van der Waals surface area contributed by atoms with Crippen LogP contribution >= 0.6 is 24.2 Å². The van der Waals surface area contributed by atoms with Crippen molar-refractivity contribution in [1.29, 1.82) is 0 Å². The van der Waals surface area contributed by atoms with Crippen LogP contribution in [0.4, 0.5) is 0 Å². The number of ether oxygens (including phenoxy) is 2. The van der Waals surface area contributed by atoms with Crippen molar-refractivity contribution in [3.8, 4) is 0 Å². The van der Waals surface area contributed by atoms with E-state index in [1.54, 1.807) is 0 Å². The first-order chi connectivity index (χ1) is 5.66. The molecule has 1 fully saturated rings. The van der Waals surface area contributed by atoms with E-state index in [1.807, 2.05) is 0 Å². The summed E-state index contributed by atoms with van der Waals surface area (Å²) in [5.41, 5.74) is 5.27. The molecular formula is C6H8ClNO3S. The Balaban J connectivity index is 3.00. The van der Waals surface area contributed by atoms with Crippen molar-refractivity contribution in [3.05, 3.63) is 21.6 Å². The van der Waals surface area contributed by atoms with Crippen LogP contribution in [-0.2, 0) is 9.47 Å². The second-order valence-corrected chi connectivity index (χ2v) is 2.96. The maximum Gasteiger partial charge on any atom is 0.231 e. The average molecular weight is 210 g/mol. The molecule has 0 unspecified atom stereocenters. The van der Waals surface area contributed by atoms with Crippen LogP contribution in [0.3, 0.4) is 0 Å². The molecule has 0 radical (unpaired) electrons. The summed E-state index contributed by atoms with van der Waals surface area (Å²) in [6.45, 7) is -0.197. The fraction of sp³-hybridized carbons (Fsp3) is 0.333. The summed E-state index contributed by atoms with van der Waals surface area (Å²) in [7, 11) is 0. The maximum atomic E-state index is 8.72. The van der Waals surface area contributed by atoms with Crippen molar-refractivity contribution in [2.75, 3.05) is 13.4 Å². The Morgan fingerprint density at radius 1 is 1.58 bits per heavy atom. The number of hydrogen-bond acceptors (Lipinski definition) is 5. The molecule has 12 heavy (non-hydrogen) atoms. The van der Waals surface area contributed by atoms with Crippen molar-refractivity contribution < 1.29 is 14.6 Å². The third kappa shape index (κ3) is 1.80. The van der Waals surface area contributed by atoms with E-state index >= 15 is 0 Å². The number of halogens is 1. The molecule has 1 aliphatic rings. The van der Waals surface area contributed by atoms with Gasteiger partial charge in [-0.2, -0.15) is 0 Å². The Hall–Kier alpha value is -0.520. The van der Waals surface area contributed by atoms with Gasteiger partial charge >= 0.3 is 0 Å². The lowest BCUT2D eigenvalue weighted by atomic mass is 10.4. The number of aliphatic hydroxyl groups excluding tert-OH is 1. The molecule has 1 rings (SSSR count). The molecule has 0 aromatic carbocycles. The van der Waals surface area contributed by atoms with E-state index in [0.717, 1.165) is 0 Å². The van der Waals surface area contributed by atoms with Gasteiger partial charge in [-0.25, -0.2) is 0 Å². The van der Waals surface area contributed by atoms with Crippen LogP contribution in [0.15, 0.2) is 21.6 Å². The summed E-state index contributed by atoms with van der Waals surface area (Å²) in [6.07, 6.45) is 0. The second-order valence-electron chi connectivity index (χ2n) is 2.02. The lowest BCUT2D eigenvalue weighted by Crippen LogP contribution is -1.98. The third-order valence-corrected chi connectivity index (χ3v) is 1.76. The van der Waals surface area contributed by atoms with Gasteiger partial charge in [-0.1, -0.05) is 11.6 Å². The number of hydrogen-bond donors (Lipinski definition) is 3. The molecular weight excluding hydrogens is 202 g/mol. The Morgan fingerprint density at radius 3 is 2.67 bits per heavy atom. The first-order valence-electron chi connectivity index (χ1n) is 3.11. The quantitative estimate of drug-likeness (QED) is 0.435. The van der Waals surface area contributed by atoms with Gasteiger partial charge in [0.25, 0.3) is 0 Å². The van der Waals surface area contributed by atoms with Crippen LogP contribution in [0, 0.1) is 0 Å². The molecule has 0 aromatic heterocycles. The predicted molar refractivity (Wildman–Crippen MR) is 47.2 cm³/mol. The molecule has 1 heterocycles. The number of aliphatic hydroxyl groups is 1. The van der Waals surface area contributed by atoms with Crippen LogP contribution in [-0.4, -0.2) is 18.5 Å². The van der Waals surface area contributed by atoms with Crippen molar-refractivity contribution in [2.45, 2.75) is 0 Å². The monoisotopic (exact) mass is 209 g/mol. The Morgan fingerprint density at radius 2 is 2.17 bits per heavy atom. The Kier molecular flexibility index (Phi) is 3.13. The van der Waals surface area contributed by atoms with Crippen LogP contribution < -0.4 is 5.73 Å². The van der Waals surface area contributed by atoms with Gasteiger partial charge in [0, 0.05) is 0 Å². The van der Waals surface area contributed by atoms with E-state index in [0.29, 0.717) is 10.7 Å². The third-order valence-electron chi connectivity index (χ3n) is 1.24. The van der Waals surface area contributed by atoms with Crippen LogP contribution in [0.2, 0.25) is 0 Å². The van der Waals surface area contributed by atoms with Gasteiger partial charge < -0.3 is 20.3 Å². The number of thiol groups is 1. The summed E-state index contributed by atoms with van der Waals surface area (Å²) in [6, 6.07) is 0. The highest BCUT2D eigenvalue weighted by molar-refractivity contribution is 7.84.